The Morgan fingerprint density at radius 1 is 1.19 bits per heavy atom. The molecule has 136 valence electrons. The van der Waals surface area contributed by atoms with Gasteiger partial charge in [0.1, 0.15) is 0 Å². The second-order valence-electron chi connectivity index (χ2n) is 6.66. The van der Waals surface area contributed by atoms with Crippen LogP contribution in [0, 0.1) is 5.92 Å². The Balaban J connectivity index is 1.40. The number of carbonyl (C=O) groups excluding carboxylic acids is 1. The number of thiazole rings is 1. The molecule has 1 N–H and O–H groups in total. The van der Waals surface area contributed by atoms with Crippen LogP contribution in [0.1, 0.15) is 19.3 Å². The number of anilines is 2. The fraction of sp³-hybridized carbons (Fsp3) is 0.400. The van der Waals surface area contributed by atoms with E-state index in [0.717, 1.165) is 67.6 Å². The van der Waals surface area contributed by atoms with Crippen molar-refractivity contribution in [3.8, 4) is 11.3 Å². The van der Waals surface area contributed by atoms with Crippen molar-refractivity contribution in [2.75, 3.05) is 36.5 Å². The number of aromatic nitrogens is 1. The Kier molecular flexibility index (Phi) is 5.32. The van der Waals surface area contributed by atoms with Gasteiger partial charge in [0.05, 0.1) is 18.9 Å². The summed E-state index contributed by atoms with van der Waals surface area (Å²) in [6, 6.07) is 7.96. The van der Waals surface area contributed by atoms with Gasteiger partial charge in [-0.05, 0) is 31.4 Å². The van der Waals surface area contributed by atoms with Gasteiger partial charge in [0.25, 0.3) is 0 Å². The van der Waals surface area contributed by atoms with Crippen LogP contribution in [0.2, 0.25) is 0 Å². The molecule has 0 radical (unpaired) electrons. The molecule has 1 aliphatic heterocycles. The maximum atomic E-state index is 12.3. The van der Waals surface area contributed by atoms with Crippen LogP contribution in [0.5, 0.6) is 0 Å². The van der Waals surface area contributed by atoms with Crippen molar-refractivity contribution in [3.05, 3.63) is 41.8 Å². The molecule has 2 heterocycles. The number of hydrogen-bond acceptors (Lipinski definition) is 5. The first-order valence-corrected chi connectivity index (χ1v) is 10.0. The van der Waals surface area contributed by atoms with E-state index in [1.807, 2.05) is 24.3 Å². The summed E-state index contributed by atoms with van der Waals surface area (Å²) < 4.78 is 5.40. The Morgan fingerprint density at radius 3 is 2.73 bits per heavy atom. The monoisotopic (exact) mass is 369 g/mol. The molecule has 0 spiro atoms. The highest BCUT2D eigenvalue weighted by atomic mass is 32.1. The zero-order valence-electron chi connectivity index (χ0n) is 14.7. The van der Waals surface area contributed by atoms with E-state index in [-0.39, 0.29) is 11.8 Å². The second-order valence-corrected chi connectivity index (χ2v) is 7.50. The predicted molar refractivity (Wildman–Crippen MR) is 106 cm³/mol. The van der Waals surface area contributed by atoms with Gasteiger partial charge in [-0.2, -0.15) is 0 Å². The Labute approximate surface area is 157 Å². The SMILES string of the molecule is O=C(Nc1ccc(-c2csc(N3CCOCC3)n2)cc1)[C@@H]1CC=CCC1. The molecule has 1 atom stereocenters. The van der Waals surface area contributed by atoms with E-state index in [2.05, 4.69) is 27.7 Å². The van der Waals surface area contributed by atoms with Crippen LogP contribution in [-0.4, -0.2) is 37.2 Å². The summed E-state index contributed by atoms with van der Waals surface area (Å²) in [5.74, 6) is 0.208. The second kappa shape index (κ2) is 8.01. The van der Waals surface area contributed by atoms with Gasteiger partial charge in [-0.1, -0.05) is 24.3 Å². The van der Waals surface area contributed by atoms with Crippen molar-refractivity contribution in [1.29, 1.82) is 0 Å². The van der Waals surface area contributed by atoms with Crippen LogP contribution in [-0.2, 0) is 9.53 Å². The summed E-state index contributed by atoms with van der Waals surface area (Å²) in [4.78, 5) is 19.4. The highest BCUT2D eigenvalue weighted by molar-refractivity contribution is 7.14. The average molecular weight is 369 g/mol. The van der Waals surface area contributed by atoms with Crippen LogP contribution in [0.4, 0.5) is 10.8 Å². The normalized spacial score (nSPS) is 20.2. The van der Waals surface area contributed by atoms with Crippen LogP contribution in [0.25, 0.3) is 11.3 Å². The lowest BCUT2D eigenvalue weighted by Crippen LogP contribution is -2.36. The number of carbonyl (C=O) groups is 1. The standard InChI is InChI=1S/C20H23N3O2S/c24-19(16-4-2-1-3-5-16)21-17-8-6-15(7-9-17)18-14-26-20(22-18)23-10-12-25-13-11-23/h1-2,6-9,14,16H,3-5,10-13H2,(H,21,24)/t16-/m1/s1. The van der Waals surface area contributed by atoms with Crippen molar-refractivity contribution < 1.29 is 9.53 Å². The molecule has 1 saturated heterocycles. The smallest absolute Gasteiger partial charge is 0.227 e. The van der Waals surface area contributed by atoms with Crippen molar-refractivity contribution in [2.24, 2.45) is 5.92 Å². The Bertz CT molecular complexity index is 779. The van der Waals surface area contributed by atoms with E-state index in [1.54, 1.807) is 11.3 Å². The summed E-state index contributed by atoms with van der Waals surface area (Å²) in [7, 11) is 0. The molecule has 1 fully saturated rings. The molecule has 6 heteroatoms. The maximum Gasteiger partial charge on any atom is 0.227 e. The van der Waals surface area contributed by atoms with Crippen LogP contribution < -0.4 is 10.2 Å². The van der Waals surface area contributed by atoms with Crippen molar-refractivity contribution in [3.63, 3.8) is 0 Å². The summed E-state index contributed by atoms with van der Waals surface area (Å²) >= 11 is 1.67. The van der Waals surface area contributed by atoms with Crippen molar-refractivity contribution in [1.82, 2.24) is 4.98 Å². The first-order valence-electron chi connectivity index (χ1n) is 9.14. The third-order valence-electron chi connectivity index (χ3n) is 4.86. The summed E-state index contributed by atoms with van der Waals surface area (Å²) in [5.41, 5.74) is 2.89. The van der Waals surface area contributed by atoms with Gasteiger partial charge in [0, 0.05) is 35.6 Å². The minimum atomic E-state index is 0.0919. The molecule has 1 aromatic heterocycles. The van der Waals surface area contributed by atoms with Gasteiger partial charge in [-0.15, -0.1) is 11.3 Å². The minimum Gasteiger partial charge on any atom is -0.378 e. The molecule has 0 saturated carbocycles. The minimum absolute atomic E-state index is 0.0919. The highest BCUT2D eigenvalue weighted by Crippen LogP contribution is 2.29. The molecule has 4 rings (SSSR count). The van der Waals surface area contributed by atoms with Gasteiger partial charge in [-0.3, -0.25) is 4.79 Å². The van der Waals surface area contributed by atoms with Gasteiger partial charge in [0.15, 0.2) is 5.13 Å². The van der Waals surface area contributed by atoms with Crippen molar-refractivity contribution >= 4 is 28.1 Å². The number of hydrogen-bond donors (Lipinski definition) is 1. The maximum absolute atomic E-state index is 12.3. The fourth-order valence-corrected chi connectivity index (χ4v) is 4.19. The molecule has 0 unspecified atom stereocenters. The lowest BCUT2D eigenvalue weighted by atomic mass is 9.93. The van der Waals surface area contributed by atoms with E-state index < -0.39 is 0 Å². The molecule has 26 heavy (non-hydrogen) atoms. The third-order valence-corrected chi connectivity index (χ3v) is 5.76. The zero-order chi connectivity index (χ0) is 17.8. The molecule has 1 aromatic carbocycles. The molecule has 1 amide bonds. The predicted octanol–water partition coefficient (Wildman–Crippen LogP) is 3.94. The number of allylic oxidation sites excluding steroid dienone is 2. The number of nitrogens with one attached hydrogen (secondary N) is 1. The van der Waals surface area contributed by atoms with Crippen LogP contribution >= 0.6 is 11.3 Å². The molecular weight excluding hydrogens is 346 g/mol. The quantitative estimate of drug-likeness (QED) is 0.830. The number of rotatable bonds is 4. The molecular formula is C20H23N3O2S. The zero-order valence-corrected chi connectivity index (χ0v) is 15.5. The number of ether oxygens (including phenoxy) is 1. The highest BCUT2D eigenvalue weighted by Gasteiger charge is 2.19. The van der Waals surface area contributed by atoms with Gasteiger partial charge in [0.2, 0.25) is 5.91 Å². The van der Waals surface area contributed by atoms with E-state index in [1.165, 1.54) is 0 Å². The van der Waals surface area contributed by atoms with Gasteiger partial charge in [-0.25, -0.2) is 4.98 Å². The van der Waals surface area contributed by atoms with Crippen LogP contribution in [0.15, 0.2) is 41.8 Å². The first-order chi connectivity index (χ1) is 12.8. The average Bonchev–Trinajstić information content (AvgIpc) is 3.20. The lowest BCUT2D eigenvalue weighted by molar-refractivity contribution is -0.120. The molecule has 1 aliphatic carbocycles. The van der Waals surface area contributed by atoms with Gasteiger partial charge >= 0.3 is 0 Å². The topological polar surface area (TPSA) is 54.5 Å². The summed E-state index contributed by atoms with van der Waals surface area (Å²) in [5, 5.41) is 6.17. The summed E-state index contributed by atoms with van der Waals surface area (Å²) in [6.07, 6.45) is 7.02. The number of amides is 1. The van der Waals surface area contributed by atoms with E-state index in [0.29, 0.717) is 0 Å². The Morgan fingerprint density at radius 2 is 2.00 bits per heavy atom. The van der Waals surface area contributed by atoms with Crippen molar-refractivity contribution in [2.45, 2.75) is 19.3 Å². The largest absolute Gasteiger partial charge is 0.378 e. The van der Waals surface area contributed by atoms with E-state index in [4.69, 9.17) is 9.72 Å². The first kappa shape index (κ1) is 17.2. The van der Waals surface area contributed by atoms with Gasteiger partial charge < -0.3 is 15.0 Å². The number of morpholine rings is 1. The Hall–Kier alpha value is -2.18. The van der Waals surface area contributed by atoms with E-state index in [9.17, 15) is 4.79 Å². The molecule has 2 aliphatic rings. The molecule has 5 nitrogen and oxygen atoms in total. The summed E-state index contributed by atoms with van der Waals surface area (Å²) in [6.45, 7) is 3.32. The number of nitrogens with zero attached hydrogens (tertiary/aromatic N) is 2. The van der Waals surface area contributed by atoms with Crippen LogP contribution in [0.3, 0.4) is 0 Å². The van der Waals surface area contributed by atoms with E-state index >= 15 is 0 Å². The molecule has 2 aromatic rings. The number of benzene rings is 1. The third kappa shape index (κ3) is 3.97. The fourth-order valence-electron chi connectivity index (χ4n) is 3.30. The molecule has 0 bridgehead atoms. The lowest BCUT2D eigenvalue weighted by Gasteiger charge is -2.26.